The zero-order valence-corrected chi connectivity index (χ0v) is 16.6. The average Bonchev–Trinajstić information content (AvgIpc) is 3.16. The van der Waals surface area contributed by atoms with E-state index in [1.54, 1.807) is 12.4 Å². The Morgan fingerprint density at radius 1 is 1.00 bits per heavy atom. The van der Waals surface area contributed by atoms with Crippen molar-refractivity contribution in [2.45, 2.75) is 45.4 Å². The molecule has 6 heteroatoms. The number of aromatic nitrogens is 2. The molecule has 3 rings (SSSR count). The molecule has 0 atom stereocenters. The number of nitrogens with zero attached hydrogens (tertiary/aromatic N) is 2. The first kappa shape index (κ1) is 20.6. The van der Waals surface area contributed by atoms with Crippen LogP contribution in [-0.4, -0.2) is 27.7 Å². The van der Waals surface area contributed by atoms with Gasteiger partial charge >= 0.3 is 5.97 Å². The van der Waals surface area contributed by atoms with E-state index < -0.39 is 5.97 Å². The van der Waals surface area contributed by atoms with Crippen molar-refractivity contribution in [3.05, 3.63) is 54.7 Å². The van der Waals surface area contributed by atoms with Crippen LogP contribution in [0, 0.1) is 0 Å². The van der Waals surface area contributed by atoms with Crippen LogP contribution >= 0.6 is 0 Å². The number of benzene rings is 1. The topological polar surface area (TPSA) is 85.5 Å². The molecule has 6 nitrogen and oxygen atoms in total. The highest BCUT2D eigenvalue weighted by molar-refractivity contribution is 5.76. The fraction of sp³-hybridized carbons (Fsp3) is 0.348. The van der Waals surface area contributed by atoms with Crippen molar-refractivity contribution >= 4 is 5.97 Å². The molecule has 0 bridgehead atoms. The van der Waals surface area contributed by atoms with Crippen molar-refractivity contribution in [1.29, 1.82) is 0 Å². The number of ether oxygens (including phenoxy) is 1. The summed E-state index contributed by atoms with van der Waals surface area (Å²) in [6, 6.07) is 11.7. The first-order chi connectivity index (χ1) is 14.2. The Balaban J connectivity index is 1.75. The van der Waals surface area contributed by atoms with Crippen LogP contribution in [-0.2, 0) is 11.2 Å². The Hall–Kier alpha value is -3.15. The molecular formula is C23H26N2O4. The van der Waals surface area contributed by atoms with E-state index in [2.05, 4.69) is 4.98 Å². The number of rotatable bonds is 11. The van der Waals surface area contributed by atoms with E-state index in [9.17, 15) is 4.79 Å². The van der Waals surface area contributed by atoms with Crippen LogP contribution in [0.4, 0.5) is 0 Å². The third-order valence-electron chi connectivity index (χ3n) is 4.58. The normalized spacial score (nSPS) is 10.8. The quantitative estimate of drug-likeness (QED) is 0.440. The average molecular weight is 394 g/mol. The first-order valence-electron chi connectivity index (χ1n) is 10.0. The monoisotopic (exact) mass is 394 g/mol. The van der Waals surface area contributed by atoms with E-state index in [1.807, 2.05) is 43.3 Å². The molecule has 29 heavy (non-hydrogen) atoms. The second-order valence-electron chi connectivity index (χ2n) is 6.79. The number of aryl methyl sites for hydroxylation is 1. The molecule has 152 valence electrons. The molecule has 0 aliphatic carbocycles. The third-order valence-corrected chi connectivity index (χ3v) is 4.58. The van der Waals surface area contributed by atoms with Crippen molar-refractivity contribution in [2.75, 3.05) is 6.61 Å². The molecule has 0 unspecified atom stereocenters. The van der Waals surface area contributed by atoms with Gasteiger partial charge in [0.05, 0.1) is 6.61 Å². The lowest BCUT2D eigenvalue weighted by molar-refractivity contribution is -0.137. The lowest BCUT2D eigenvalue weighted by atomic mass is 10.1. The van der Waals surface area contributed by atoms with Gasteiger partial charge in [0.1, 0.15) is 11.4 Å². The van der Waals surface area contributed by atoms with Gasteiger partial charge < -0.3 is 14.3 Å². The number of carbonyl (C=O) groups is 1. The summed E-state index contributed by atoms with van der Waals surface area (Å²) >= 11 is 0. The Bertz CT molecular complexity index is 904. The molecule has 3 aromatic rings. The van der Waals surface area contributed by atoms with Crippen molar-refractivity contribution in [3.8, 4) is 28.3 Å². The fourth-order valence-corrected chi connectivity index (χ4v) is 3.15. The van der Waals surface area contributed by atoms with Gasteiger partial charge in [0.2, 0.25) is 0 Å². The van der Waals surface area contributed by atoms with Gasteiger partial charge in [-0.15, -0.1) is 0 Å². The molecule has 1 N–H and O–H groups in total. The van der Waals surface area contributed by atoms with Gasteiger partial charge in [0, 0.05) is 36.4 Å². The Kier molecular flexibility index (Phi) is 7.39. The summed E-state index contributed by atoms with van der Waals surface area (Å²) in [6.07, 6.45) is 7.92. The molecule has 1 aromatic carbocycles. The Morgan fingerprint density at radius 3 is 2.41 bits per heavy atom. The Labute approximate surface area is 170 Å². The highest BCUT2D eigenvalue weighted by atomic mass is 16.5. The van der Waals surface area contributed by atoms with Crippen molar-refractivity contribution in [2.24, 2.45) is 0 Å². The molecule has 0 fully saturated rings. The fourth-order valence-electron chi connectivity index (χ4n) is 3.15. The number of oxazole rings is 1. The van der Waals surface area contributed by atoms with Crippen molar-refractivity contribution < 1.29 is 19.1 Å². The molecule has 0 saturated carbocycles. The summed E-state index contributed by atoms with van der Waals surface area (Å²) in [5.74, 6) is 1.52. The zero-order valence-electron chi connectivity index (χ0n) is 16.6. The molecule has 0 amide bonds. The minimum Gasteiger partial charge on any atom is -0.494 e. The maximum atomic E-state index is 10.6. The summed E-state index contributed by atoms with van der Waals surface area (Å²) < 4.78 is 11.7. The standard InChI is InChI=1S/C23H26N2O4/c1-2-28-19-11-9-18(10-12-19)23-22(17-13-15-24-16-14-17)25-20(29-23)7-5-3-4-6-8-21(26)27/h9-16H,2-8H2,1H3,(H,26,27). The molecule has 2 aromatic heterocycles. The van der Waals surface area contributed by atoms with Crippen LogP contribution in [0.3, 0.4) is 0 Å². The molecular weight excluding hydrogens is 368 g/mol. The second kappa shape index (κ2) is 10.4. The lowest BCUT2D eigenvalue weighted by Gasteiger charge is -2.04. The number of unbranched alkanes of at least 4 members (excludes halogenated alkanes) is 3. The maximum Gasteiger partial charge on any atom is 0.303 e. The van der Waals surface area contributed by atoms with E-state index in [0.717, 1.165) is 54.0 Å². The van der Waals surface area contributed by atoms with Crippen LogP contribution in [0.1, 0.15) is 44.9 Å². The SMILES string of the molecule is CCOc1ccc(-c2oc(CCCCCCC(=O)O)nc2-c2ccncc2)cc1. The number of pyridine rings is 1. The Morgan fingerprint density at radius 2 is 1.72 bits per heavy atom. The number of carboxylic acids is 1. The molecule has 0 saturated heterocycles. The number of carboxylic acid groups (broad SMARTS) is 1. The number of hydrogen-bond acceptors (Lipinski definition) is 5. The molecule has 2 heterocycles. The maximum absolute atomic E-state index is 10.6. The minimum absolute atomic E-state index is 0.229. The highest BCUT2D eigenvalue weighted by Crippen LogP contribution is 2.33. The third kappa shape index (κ3) is 5.91. The number of aliphatic carboxylic acids is 1. The van der Waals surface area contributed by atoms with E-state index in [0.29, 0.717) is 18.9 Å². The van der Waals surface area contributed by atoms with Crippen LogP contribution in [0.25, 0.3) is 22.6 Å². The summed E-state index contributed by atoms with van der Waals surface area (Å²) in [5.41, 5.74) is 2.71. The van der Waals surface area contributed by atoms with E-state index in [1.165, 1.54) is 0 Å². The van der Waals surface area contributed by atoms with E-state index in [-0.39, 0.29) is 6.42 Å². The van der Waals surface area contributed by atoms with Gasteiger partial charge in [-0.2, -0.15) is 0 Å². The predicted molar refractivity (Wildman–Crippen MR) is 111 cm³/mol. The van der Waals surface area contributed by atoms with Gasteiger partial charge in [-0.25, -0.2) is 4.98 Å². The highest BCUT2D eigenvalue weighted by Gasteiger charge is 2.17. The zero-order chi connectivity index (χ0) is 20.5. The lowest BCUT2D eigenvalue weighted by Crippen LogP contribution is -1.94. The second-order valence-corrected chi connectivity index (χ2v) is 6.79. The van der Waals surface area contributed by atoms with Gasteiger partial charge in [0.15, 0.2) is 11.7 Å². The molecule has 0 radical (unpaired) electrons. The van der Waals surface area contributed by atoms with Gasteiger partial charge in [-0.1, -0.05) is 12.8 Å². The summed E-state index contributed by atoms with van der Waals surface area (Å²) in [7, 11) is 0. The molecule has 0 aliphatic heterocycles. The van der Waals surface area contributed by atoms with Crippen LogP contribution in [0.2, 0.25) is 0 Å². The van der Waals surface area contributed by atoms with E-state index >= 15 is 0 Å². The van der Waals surface area contributed by atoms with Crippen molar-refractivity contribution in [3.63, 3.8) is 0 Å². The van der Waals surface area contributed by atoms with E-state index in [4.69, 9.17) is 19.2 Å². The van der Waals surface area contributed by atoms with Crippen LogP contribution < -0.4 is 4.74 Å². The largest absolute Gasteiger partial charge is 0.494 e. The van der Waals surface area contributed by atoms with Crippen molar-refractivity contribution in [1.82, 2.24) is 9.97 Å². The number of hydrogen-bond donors (Lipinski definition) is 1. The van der Waals surface area contributed by atoms with Gasteiger partial charge in [-0.05, 0) is 56.2 Å². The summed E-state index contributed by atoms with van der Waals surface area (Å²) in [4.78, 5) is 19.4. The van der Waals surface area contributed by atoms with Crippen LogP contribution in [0.15, 0.2) is 53.2 Å². The first-order valence-corrected chi connectivity index (χ1v) is 10.0. The van der Waals surface area contributed by atoms with Crippen LogP contribution in [0.5, 0.6) is 5.75 Å². The summed E-state index contributed by atoms with van der Waals surface area (Å²) in [6.45, 7) is 2.58. The predicted octanol–water partition coefficient (Wildman–Crippen LogP) is 5.38. The minimum atomic E-state index is -0.736. The molecule has 0 aliphatic rings. The smallest absolute Gasteiger partial charge is 0.303 e. The van der Waals surface area contributed by atoms with Gasteiger partial charge in [0.25, 0.3) is 0 Å². The van der Waals surface area contributed by atoms with Gasteiger partial charge in [-0.3, -0.25) is 9.78 Å². The summed E-state index contributed by atoms with van der Waals surface area (Å²) in [5, 5.41) is 8.71. The molecule has 0 spiro atoms.